The van der Waals surface area contributed by atoms with Crippen molar-refractivity contribution in [1.82, 2.24) is 0 Å². The van der Waals surface area contributed by atoms with E-state index in [2.05, 4.69) is 5.32 Å². The molecule has 6 nitrogen and oxygen atoms in total. The quantitative estimate of drug-likeness (QED) is 0.676. The number of carbonyl (C=O) groups excluding carboxylic acids is 1. The number of sulfonamides is 1. The molecule has 1 atom stereocenters. The normalized spacial score (nSPS) is 12.3. The van der Waals surface area contributed by atoms with E-state index < -0.39 is 22.0 Å². The molecule has 1 N–H and O–H groups in total. The molecular formula is C19H24N2O4S2. The van der Waals surface area contributed by atoms with Gasteiger partial charge in [-0.3, -0.25) is 9.10 Å². The minimum Gasteiger partial charge on any atom is -0.494 e. The Morgan fingerprint density at radius 1 is 1.19 bits per heavy atom. The monoisotopic (exact) mass is 408 g/mol. The molecule has 1 amide bonds. The zero-order valence-corrected chi connectivity index (χ0v) is 17.4. The van der Waals surface area contributed by atoms with Gasteiger partial charge in [-0.05, 0) is 56.5 Å². The lowest BCUT2D eigenvalue weighted by atomic mass is 10.2. The first-order valence-electron chi connectivity index (χ1n) is 8.44. The van der Waals surface area contributed by atoms with Gasteiger partial charge >= 0.3 is 0 Å². The Morgan fingerprint density at radius 2 is 1.81 bits per heavy atom. The Bertz CT molecular complexity index is 883. The fourth-order valence-corrected chi connectivity index (χ4v) is 4.38. The third-order valence-electron chi connectivity index (χ3n) is 3.86. The fraction of sp³-hybridized carbons (Fsp3) is 0.316. The lowest BCUT2D eigenvalue weighted by Crippen LogP contribution is -2.45. The van der Waals surface area contributed by atoms with Crippen LogP contribution >= 0.6 is 11.8 Å². The summed E-state index contributed by atoms with van der Waals surface area (Å²) in [6.07, 6.45) is 3.00. The molecule has 2 rings (SSSR count). The summed E-state index contributed by atoms with van der Waals surface area (Å²) >= 11 is 1.51. The van der Waals surface area contributed by atoms with Gasteiger partial charge in [-0.2, -0.15) is 0 Å². The number of amides is 1. The molecule has 2 aromatic rings. The number of nitrogens with one attached hydrogen (secondary N) is 1. The molecule has 0 unspecified atom stereocenters. The first-order valence-corrected chi connectivity index (χ1v) is 11.5. The maximum Gasteiger partial charge on any atom is 0.248 e. The number of benzene rings is 2. The highest BCUT2D eigenvalue weighted by Crippen LogP contribution is 2.27. The molecule has 27 heavy (non-hydrogen) atoms. The summed E-state index contributed by atoms with van der Waals surface area (Å²) in [7, 11) is -3.67. The molecular weight excluding hydrogens is 384 g/mol. The van der Waals surface area contributed by atoms with Gasteiger partial charge in [0.1, 0.15) is 11.8 Å². The van der Waals surface area contributed by atoms with Crippen molar-refractivity contribution in [3.8, 4) is 5.75 Å². The van der Waals surface area contributed by atoms with E-state index in [-0.39, 0.29) is 0 Å². The van der Waals surface area contributed by atoms with Crippen molar-refractivity contribution in [2.75, 3.05) is 28.7 Å². The molecule has 0 aliphatic heterocycles. The second kappa shape index (κ2) is 9.14. The maximum atomic E-state index is 12.8. The van der Waals surface area contributed by atoms with E-state index in [1.807, 2.05) is 31.4 Å². The third-order valence-corrected chi connectivity index (χ3v) is 5.89. The van der Waals surface area contributed by atoms with E-state index in [9.17, 15) is 13.2 Å². The molecule has 0 aromatic heterocycles. The number of hydrogen-bond acceptors (Lipinski definition) is 5. The molecule has 2 aromatic carbocycles. The second-order valence-corrected chi connectivity index (χ2v) is 8.56. The van der Waals surface area contributed by atoms with Crippen LogP contribution < -0.4 is 14.4 Å². The summed E-state index contributed by atoms with van der Waals surface area (Å²) in [5, 5.41) is 2.82. The lowest BCUT2D eigenvalue weighted by molar-refractivity contribution is -0.116. The predicted octanol–water partition coefficient (Wildman–Crippen LogP) is 3.60. The molecule has 8 heteroatoms. The highest BCUT2D eigenvalue weighted by molar-refractivity contribution is 7.98. The first-order chi connectivity index (χ1) is 12.8. The van der Waals surface area contributed by atoms with Crippen LogP contribution in [0.1, 0.15) is 13.8 Å². The van der Waals surface area contributed by atoms with Crippen LogP contribution in [0.2, 0.25) is 0 Å². The first kappa shape index (κ1) is 21.1. The average Bonchev–Trinajstić information content (AvgIpc) is 2.62. The van der Waals surface area contributed by atoms with Gasteiger partial charge in [0.2, 0.25) is 15.9 Å². The molecule has 146 valence electrons. The Hall–Kier alpha value is -2.19. The zero-order chi connectivity index (χ0) is 20.0. The van der Waals surface area contributed by atoms with Crippen LogP contribution in [0.3, 0.4) is 0 Å². The minimum atomic E-state index is -3.67. The number of carbonyl (C=O) groups is 1. The molecule has 0 spiro atoms. The van der Waals surface area contributed by atoms with E-state index in [1.165, 1.54) is 11.8 Å². The summed E-state index contributed by atoms with van der Waals surface area (Å²) in [6, 6.07) is 13.1. The van der Waals surface area contributed by atoms with E-state index in [0.29, 0.717) is 23.7 Å². The van der Waals surface area contributed by atoms with Gasteiger partial charge in [-0.15, -0.1) is 11.8 Å². The molecule has 0 bridgehead atoms. The summed E-state index contributed by atoms with van der Waals surface area (Å²) < 4.78 is 31.2. The highest BCUT2D eigenvalue weighted by Gasteiger charge is 2.29. The van der Waals surface area contributed by atoms with Crippen LogP contribution in [0.15, 0.2) is 53.4 Å². The number of nitrogens with zero attached hydrogens (tertiary/aromatic N) is 1. The van der Waals surface area contributed by atoms with E-state index in [0.717, 1.165) is 15.5 Å². The number of rotatable bonds is 8. The zero-order valence-electron chi connectivity index (χ0n) is 15.8. The van der Waals surface area contributed by atoms with Crippen molar-refractivity contribution in [1.29, 1.82) is 0 Å². The average molecular weight is 409 g/mol. The van der Waals surface area contributed by atoms with E-state index in [4.69, 9.17) is 4.74 Å². The molecule has 0 saturated carbocycles. The van der Waals surface area contributed by atoms with Crippen LogP contribution in [0.5, 0.6) is 5.75 Å². The molecule has 0 fully saturated rings. The van der Waals surface area contributed by atoms with Crippen LogP contribution in [0, 0.1) is 0 Å². The van der Waals surface area contributed by atoms with Gasteiger partial charge in [-0.1, -0.05) is 12.1 Å². The Labute approximate surface area is 165 Å². The smallest absolute Gasteiger partial charge is 0.248 e. The van der Waals surface area contributed by atoms with Gasteiger partial charge in [0.25, 0.3) is 0 Å². The Kier molecular flexibility index (Phi) is 7.15. The van der Waals surface area contributed by atoms with Gasteiger partial charge in [0, 0.05) is 4.90 Å². The fourth-order valence-electron chi connectivity index (χ4n) is 2.65. The van der Waals surface area contributed by atoms with Crippen molar-refractivity contribution < 1.29 is 17.9 Å². The van der Waals surface area contributed by atoms with Crippen molar-refractivity contribution >= 4 is 39.1 Å². The molecule has 0 radical (unpaired) electrons. The largest absolute Gasteiger partial charge is 0.494 e. The summed E-state index contributed by atoms with van der Waals surface area (Å²) in [6.45, 7) is 3.95. The molecule has 0 aliphatic rings. The van der Waals surface area contributed by atoms with E-state index in [1.54, 1.807) is 37.3 Å². The predicted molar refractivity (Wildman–Crippen MR) is 111 cm³/mol. The topological polar surface area (TPSA) is 75.7 Å². The van der Waals surface area contributed by atoms with Crippen molar-refractivity contribution in [2.45, 2.75) is 24.8 Å². The van der Waals surface area contributed by atoms with Crippen molar-refractivity contribution in [3.63, 3.8) is 0 Å². The summed E-state index contributed by atoms with van der Waals surface area (Å²) in [5.41, 5.74) is 1.06. The number of ether oxygens (including phenoxy) is 1. The van der Waals surface area contributed by atoms with Crippen molar-refractivity contribution in [2.24, 2.45) is 0 Å². The van der Waals surface area contributed by atoms with Crippen LogP contribution in [0.25, 0.3) is 0 Å². The molecule has 0 heterocycles. The Balaban J connectivity index is 2.29. The van der Waals surface area contributed by atoms with Gasteiger partial charge < -0.3 is 10.1 Å². The summed E-state index contributed by atoms with van der Waals surface area (Å²) in [5.74, 6) is 0.233. The summed E-state index contributed by atoms with van der Waals surface area (Å²) in [4.78, 5) is 13.7. The standard InChI is InChI=1S/C19H24N2O4S2/c1-5-25-16-12-10-15(11-13-16)21(27(4,23)24)14(2)19(22)20-17-8-6-7-9-18(17)26-3/h6-14H,5H2,1-4H3,(H,20,22)/t14-/m0/s1. The van der Waals surface area contributed by atoms with E-state index >= 15 is 0 Å². The second-order valence-electron chi connectivity index (χ2n) is 5.85. The number of anilines is 2. The SMILES string of the molecule is CCOc1ccc(N([C@@H](C)C(=O)Nc2ccccc2SC)S(C)(=O)=O)cc1. The Morgan fingerprint density at radius 3 is 2.37 bits per heavy atom. The molecule has 0 aliphatic carbocycles. The third kappa shape index (κ3) is 5.40. The van der Waals surface area contributed by atoms with Gasteiger partial charge in [-0.25, -0.2) is 8.42 Å². The van der Waals surface area contributed by atoms with Crippen LogP contribution in [-0.4, -0.2) is 39.5 Å². The van der Waals surface area contributed by atoms with Crippen molar-refractivity contribution in [3.05, 3.63) is 48.5 Å². The van der Waals surface area contributed by atoms with Crippen LogP contribution in [0.4, 0.5) is 11.4 Å². The van der Waals surface area contributed by atoms with Gasteiger partial charge in [0.15, 0.2) is 0 Å². The minimum absolute atomic E-state index is 0.404. The highest BCUT2D eigenvalue weighted by atomic mass is 32.2. The lowest BCUT2D eigenvalue weighted by Gasteiger charge is -2.28. The number of hydrogen-bond donors (Lipinski definition) is 1. The maximum absolute atomic E-state index is 12.8. The van der Waals surface area contributed by atoms with Crippen LogP contribution in [-0.2, 0) is 14.8 Å². The number of para-hydroxylation sites is 1. The molecule has 0 saturated heterocycles. The van der Waals surface area contributed by atoms with Gasteiger partial charge in [0.05, 0.1) is 24.2 Å². The number of thioether (sulfide) groups is 1.